The zero-order valence-corrected chi connectivity index (χ0v) is 19.4. The lowest BCUT2D eigenvalue weighted by atomic mass is 9.96. The Labute approximate surface area is 197 Å². The topological polar surface area (TPSA) is 257 Å². The second-order valence-corrected chi connectivity index (χ2v) is 7.99. The van der Waals surface area contributed by atoms with Crippen molar-refractivity contribution >= 4 is 35.6 Å². The van der Waals surface area contributed by atoms with Gasteiger partial charge in [-0.15, -0.1) is 0 Å². The van der Waals surface area contributed by atoms with E-state index >= 15 is 0 Å². The molecular weight excluding hydrogens is 452 g/mol. The number of unbranched alkanes of at least 4 members (excludes halogenated alkanes) is 1. The minimum absolute atomic E-state index is 0.0938. The number of carboxylic acids is 2. The van der Waals surface area contributed by atoms with Gasteiger partial charge in [-0.25, -0.2) is 4.79 Å². The van der Waals surface area contributed by atoms with Crippen LogP contribution in [0, 0.1) is 5.92 Å². The minimum Gasteiger partial charge on any atom is -0.481 e. The monoisotopic (exact) mass is 488 g/mol. The highest BCUT2D eigenvalue weighted by atomic mass is 16.4. The second kappa shape index (κ2) is 15.6. The lowest BCUT2D eigenvalue weighted by Gasteiger charge is -2.27. The van der Waals surface area contributed by atoms with Gasteiger partial charge in [0.25, 0.3) is 0 Å². The van der Waals surface area contributed by atoms with Gasteiger partial charge in [-0.05, 0) is 31.7 Å². The van der Waals surface area contributed by atoms with Gasteiger partial charge in [-0.2, -0.15) is 0 Å². The summed E-state index contributed by atoms with van der Waals surface area (Å²) in [6.45, 7) is 3.78. The highest BCUT2D eigenvalue weighted by molar-refractivity contribution is 5.95. The summed E-state index contributed by atoms with van der Waals surface area (Å²) in [4.78, 5) is 71.3. The molecule has 0 radical (unpaired) electrons. The van der Waals surface area contributed by atoms with Crippen molar-refractivity contribution in [3.05, 3.63) is 0 Å². The van der Waals surface area contributed by atoms with E-state index in [1.54, 1.807) is 13.8 Å². The summed E-state index contributed by atoms with van der Waals surface area (Å²) >= 11 is 0. The van der Waals surface area contributed by atoms with E-state index in [0.717, 1.165) is 0 Å². The molecule has 0 aromatic carbocycles. The maximum Gasteiger partial charge on any atom is 0.326 e. The van der Waals surface area contributed by atoms with Crippen LogP contribution in [0.2, 0.25) is 0 Å². The number of carbonyl (C=O) groups excluding carboxylic acids is 4. The van der Waals surface area contributed by atoms with Gasteiger partial charge in [0.1, 0.15) is 18.1 Å². The van der Waals surface area contributed by atoms with Crippen LogP contribution in [0.25, 0.3) is 0 Å². The standard InChI is InChI=1S/C20H36N6O8/c1-3-10(2)16(26-17(30)11(22)8-14(23)27)19(32)24-12(6-4-5-7-21)18(31)25-13(20(33)34)9-15(28)29/h10-13,16H,3-9,21-22H2,1-2H3,(H2,23,27)(H,24,32)(H,25,31)(H,26,30)(H,28,29)(H,33,34). The van der Waals surface area contributed by atoms with Crippen LogP contribution in [0.3, 0.4) is 0 Å². The van der Waals surface area contributed by atoms with Crippen LogP contribution in [0.4, 0.5) is 0 Å². The molecule has 0 saturated heterocycles. The number of carboxylic acid groups (broad SMARTS) is 2. The van der Waals surface area contributed by atoms with Crippen LogP contribution in [-0.2, 0) is 28.8 Å². The first kappa shape index (κ1) is 30.7. The van der Waals surface area contributed by atoms with Crippen LogP contribution >= 0.6 is 0 Å². The summed E-state index contributed by atoms with van der Waals surface area (Å²) in [5.74, 6) is -6.56. The Balaban J connectivity index is 5.59. The summed E-state index contributed by atoms with van der Waals surface area (Å²) in [5.41, 5.74) is 16.2. The Morgan fingerprint density at radius 3 is 1.91 bits per heavy atom. The largest absolute Gasteiger partial charge is 0.481 e. The van der Waals surface area contributed by atoms with E-state index in [1.807, 2.05) is 0 Å². The van der Waals surface area contributed by atoms with E-state index in [-0.39, 0.29) is 6.42 Å². The molecule has 11 N–H and O–H groups in total. The van der Waals surface area contributed by atoms with Gasteiger partial charge < -0.3 is 43.4 Å². The molecule has 0 spiro atoms. The number of rotatable bonds is 17. The molecule has 5 unspecified atom stereocenters. The third-order valence-electron chi connectivity index (χ3n) is 5.12. The molecule has 0 aliphatic carbocycles. The van der Waals surface area contributed by atoms with Crippen molar-refractivity contribution < 1.29 is 39.0 Å². The average Bonchev–Trinajstić information content (AvgIpc) is 2.74. The predicted octanol–water partition coefficient (Wildman–Crippen LogP) is -2.62. The van der Waals surface area contributed by atoms with E-state index in [4.69, 9.17) is 22.3 Å². The zero-order valence-electron chi connectivity index (χ0n) is 19.4. The molecule has 14 heteroatoms. The molecule has 5 atom stereocenters. The van der Waals surface area contributed by atoms with Crippen LogP contribution in [-0.4, -0.2) is 76.5 Å². The molecule has 0 saturated carbocycles. The highest BCUT2D eigenvalue weighted by Crippen LogP contribution is 2.11. The molecule has 34 heavy (non-hydrogen) atoms. The number of aliphatic carboxylic acids is 2. The molecule has 0 fully saturated rings. The Hall–Kier alpha value is -3.26. The molecule has 0 aliphatic rings. The first-order valence-electron chi connectivity index (χ1n) is 10.9. The number of hydrogen-bond donors (Lipinski definition) is 8. The van der Waals surface area contributed by atoms with Crippen molar-refractivity contribution in [2.24, 2.45) is 23.1 Å². The van der Waals surface area contributed by atoms with Crippen LogP contribution in [0.15, 0.2) is 0 Å². The second-order valence-electron chi connectivity index (χ2n) is 7.99. The number of carbonyl (C=O) groups is 6. The Morgan fingerprint density at radius 2 is 1.44 bits per heavy atom. The van der Waals surface area contributed by atoms with Crippen molar-refractivity contribution in [2.45, 2.75) is 76.5 Å². The number of primary amides is 1. The van der Waals surface area contributed by atoms with Gasteiger partial charge in [-0.1, -0.05) is 20.3 Å². The quantitative estimate of drug-likeness (QED) is 0.0988. The van der Waals surface area contributed by atoms with E-state index in [1.165, 1.54) is 0 Å². The summed E-state index contributed by atoms with van der Waals surface area (Å²) in [6.07, 6.45) is 0.211. The van der Waals surface area contributed by atoms with Gasteiger partial charge >= 0.3 is 11.9 Å². The first-order valence-corrected chi connectivity index (χ1v) is 10.9. The molecule has 194 valence electrons. The molecule has 0 bridgehead atoms. The summed E-state index contributed by atoms with van der Waals surface area (Å²) in [5, 5.41) is 25.1. The summed E-state index contributed by atoms with van der Waals surface area (Å²) in [7, 11) is 0. The van der Waals surface area contributed by atoms with Gasteiger partial charge in [0.05, 0.1) is 18.9 Å². The molecular formula is C20H36N6O8. The van der Waals surface area contributed by atoms with Crippen LogP contribution < -0.4 is 33.2 Å². The zero-order chi connectivity index (χ0) is 26.4. The number of nitrogens with two attached hydrogens (primary N) is 3. The van der Waals surface area contributed by atoms with Crippen molar-refractivity contribution in [1.82, 2.24) is 16.0 Å². The van der Waals surface area contributed by atoms with Crippen LogP contribution in [0.1, 0.15) is 52.4 Å². The molecule has 0 aromatic rings. The number of amides is 4. The normalized spacial score (nSPS) is 15.2. The third-order valence-corrected chi connectivity index (χ3v) is 5.12. The third kappa shape index (κ3) is 11.6. The molecule has 4 amide bonds. The average molecular weight is 489 g/mol. The number of hydrogen-bond acceptors (Lipinski definition) is 8. The molecule has 0 rings (SSSR count). The van der Waals surface area contributed by atoms with Crippen molar-refractivity contribution in [2.75, 3.05) is 6.54 Å². The Morgan fingerprint density at radius 1 is 0.853 bits per heavy atom. The molecule has 0 heterocycles. The fourth-order valence-electron chi connectivity index (χ4n) is 2.94. The lowest BCUT2D eigenvalue weighted by molar-refractivity contribution is -0.147. The molecule has 0 aliphatic heterocycles. The maximum absolute atomic E-state index is 13.0. The highest BCUT2D eigenvalue weighted by Gasteiger charge is 2.33. The van der Waals surface area contributed by atoms with Crippen molar-refractivity contribution in [3.8, 4) is 0 Å². The summed E-state index contributed by atoms with van der Waals surface area (Å²) < 4.78 is 0. The smallest absolute Gasteiger partial charge is 0.326 e. The van der Waals surface area contributed by atoms with Gasteiger partial charge in [0.2, 0.25) is 23.6 Å². The Bertz CT molecular complexity index is 747. The minimum atomic E-state index is -1.70. The van der Waals surface area contributed by atoms with Gasteiger partial charge in [0, 0.05) is 0 Å². The fraction of sp³-hybridized carbons (Fsp3) is 0.700. The van der Waals surface area contributed by atoms with Gasteiger partial charge in [-0.3, -0.25) is 24.0 Å². The molecule has 0 aromatic heterocycles. The van der Waals surface area contributed by atoms with Gasteiger partial charge in [0.15, 0.2) is 0 Å². The van der Waals surface area contributed by atoms with E-state index in [0.29, 0.717) is 25.8 Å². The van der Waals surface area contributed by atoms with E-state index in [9.17, 15) is 33.9 Å². The van der Waals surface area contributed by atoms with Crippen LogP contribution in [0.5, 0.6) is 0 Å². The Kier molecular flexibility index (Phi) is 14.1. The fourth-order valence-corrected chi connectivity index (χ4v) is 2.94. The first-order chi connectivity index (χ1) is 15.8. The maximum atomic E-state index is 13.0. The number of nitrogens with one attached hydrogen (secondary N) is 3. The SMILES string of the molecule is CCC(C)C(NC(=O)C(N)CC(N)=O)C(=O)NC(CCCCN)C(=O)NC(CC(=O)O)C(=O)O. The predicted molar refractivity (Wildman–Crippen MR) is 120 cm³/mol. The molecule has 14 nitrogen and oxygen atoms in total. The van der Waals surface area contributed by atoms with Crippen molar-refractivity contribution in [3.63, 3.8) is 0 Å². The van der Waals surface area contributed by atoms with Crippen molar-refractivity contribution in [1.29, 1.82) is 0 Å². The lowest BCUT2D eigenvalue weighted by Crippen LogP contribution is -2.59. The van der Waals surface area contributed by atoms with E-state index < -0.39 is 78.5 Å². The van der Waals surface area contributed by atoms with E-state index in [2.05, 4.69) is 16.0 Å². The summed E-state index contributed by atoms with van der Waals surface area (Å²) in [6, 6.07) is -5.29.